The summed E-state index contributed by atoms with van der Waals surface area (Å²) >= 11 is 6.24. The zero-order chi connectivity index (χ0) is 18.4. The number of aliphatic carboxylic acids is 1. The van der Waals surface area contributed by atoms with Crippen LogP contribution in [0.15, 0.2) is 36.4 Å². The zero-order valence-electron chi connectivity index (χ0n) is 13.6. The van der Waals surface area contributed by atoms with E-state index in [1.807, 2.05) is 19.1 Å². The fraction of sp³-hybridized carbons (Fsp3) is 0.222. The molecule has 1 aromatic heterocycles. The first-order valence-corrected chi connectivity index (χ1v) is 7.92. The molecule has 0 radical (unpaired) electrons. The van der Waals surface area contributed by atoms with Gasteiger partial charge in [0.1, 0.15) is 0 Å². The number of aromatic nitrogens is 2. The molecule has 25 heavy (non-hydrogen) atoms. The van der Waals surface area contributed by atoms with E-state index in [1.165, 1.54) is 12.1 Å². The van der Waals surface area contributed by atoms with Gasteiger partial charge in [-0.05, 0) is 37.1 Å². The number of hydrogen-bond acceptors (Lipinski definition) is 2. The van der Waals surface area contributed by atoms with Gasteiger partial charge in [-0.25, -0.2) is 4.79 Å². The summed E-state index contributed by atoms with van der Waals surface area (Å²) < 4.78 is 29.3. The molecule has 0 fully saturated rings. The van der Waals surface area contributed by atoms with E-state index in [0.717, 1.165) is 17.2 Å². The molecule has 0 amide bonds. The van der Waals surface area contributed by atoms with Crippen molar-refractivity contribution in [1.82, 2.24) is 9.78 Å². The van der Waals surface area contributed by atoms with Gasteiger partial charge in [0.25, 0.3) is 0 Å². The molecule has 0 unspecified atom stereocenters. The normalized spacial score (nSPS) is 11.9. The highest BCUT2D eigenvalue weighted by molar-refractivity contribution is 6.31. The second kappa shape index (κ2) is 6.11. The number of rotatable bonds is 4. The van der Waals surface area contributed by atoms with Crippen LogP contribution in [-0.2, 0) is 17.3 Å². The lowest BCUT2D eigenvalue weighted by Gasteiger charge is -2.13. The minimum Gasteiger partial charge on any atom is -0.477 e. The lowest BCUT2D eigenvalue weighted by atomic mass is 10.1. The van der Waals surface area contributed by atoms with E-state index in [1.54, 1.807) is 17.7 Å². The van der Waals surface area contributed by atoms with Crippen LogP contribution in [0, 0.1) is 13.8 Å². The molecule has 0 spiro atoms. The lowest BCUT2D eigenvalue weighted by Crippen LogP contribution is -2.25. The molecule has 7 heteroatoms. The van der Waals surface area contributed by atoms with Gasteiger partial charge in [-0.3, -0.25) is 4.68 Å². The summed E-state index contributed by atoms with van der Waals surface area (Å²) in [4.78, 5) is 10.8. The van der Waals surface area contributed by atoms with Gasteiger partial charge in [0.05, 0.1) is 17.8 Å². The Morgan fingerprint density at radius 3 is 2.64 bits per heavy atom. The summed E-state index contributed by atoms with van der Waals surface area (Å²) in [5.41, 5.74) is 2.33. The number of carboxylic acid groups (broad SMARTS) is 1. The van der Waals surface area contributed by atoms with E-state index in [0.29, 0.717) is 28.2 Å². The van der Waals surface area contributed by atoms with Crippen LogP contribution in [0.2, 0.25) is 5.02 Å². The Labute approximate surface area is 147 Å². The van der Waals surface area contributed by atoms with Crippen LogP contribution in [0.25, 0.3) is 10.9 Å². The topological polar surface area (TPSA) is 55.1 Å². The number of halogens is 3. The van der Waals surface area contributed by atoms with E-state index in [4.69, 9.17) is 16.7 Å². The Morgan fingerprint density at radius 1 is 1.28 bits per heavy atom. The molecule has 4 nitrogen and oxygen atoms in total. The Hall–Kier alpha value is -2.47. The van der Waals surface area contributed by atoms with Crippen LogP contribution < -0.4 is 0 Å². The van der Waals surface area contributed by atoms with Gasteiger partial charge >= 0.3 is 11.9 Å². The lowest BCUT2D eigenvalue weighted by molar-refractivity contribution is -0.166. The molecule has 0 saturated heterocycles. The van der Waals surface area contributed by atoms with Gasteiger partial charge in [0, 0.05) is 16.0 Å². The monoisotopic (exact) mass is 364 g/mol. The van der Waals surface area contributed by atoms with Gasteiger partial charge in [-0.2, -0.15) is 13.9 Å². The Balaban J connectivity index is 2.14. The number of benzene rings is 2. The fourth-order valence-electron chi connectivity index (χ4n) is 2.80. The van der Waals surface area contributed by atoms with Crippen LogP contribution in [0.3, 0.4) is 0 Å². The predicted molar refractivity (Wildman–Crippen MR) is 91.3 cm³/mol. The smallest absolute Gasteiger partial charge is 0.379 e. The summed E-state index contributed by atoms with van der Waals surface area (Å²) in [7, 11) is 0. The summed E-state index contributed by atoms with van der Waals surface area (Å²) in [6.07, 6.45) is 0. The molecular weight excluding hydrogens is 350 g/mol. The van der Waals surface area contributed by atoms with Crippen molar-refractivity contribution in [3.8, 4) is 0 Å². The van der Waals surface area contributed by atoms with Crippen molar-refractivity contribution in [2.75, 3.05) is 0 Å². The number of aryl methyl sites for hydroxylation is 2. The van der Waals surface area contributed by atoms with Crippen LogP contribution in [-0.4, -0.2) is 20.9 Å². The number of nitrogens with zero attached hydrogens (tertiary/aromatic N) is 2. The van der Waals surface area contributed by atoms with Gasteiger partial charge in [0.15, 0.2) is 0 Å². The first kappa shape index (κ1) is 17.4. The molecule has 1 N–H and O–H groups in total. The summed E-state index contributed by atoms with van der Waals surface area (Å²) in [6.45, 7) is 3.98. The highest BCUT2D eigenvalue weighted by atomic mass is 35.5. The zero-order valence-corrected chi connectivity index (χ0v) is 14.3. The third-order valence-electron chi connectivity index (χ3n) is 4.23. The maximum Gasteiger partial charge on any atom is 0.379 e. The molecular formula is C18H15ClF2N2O2. The highest BCUT2D eigenvalue weighted by Gasteiger charge is 2.41. The largest absolute Gasteiger partial charge is 0.477 e. The van der Waals surface area contributed by atoms with E-state index in [-0.39, 0.29) is 0 Å². The minimum absolute atomic E-state index is 0.304. The molecule has 2 aromatic carbocycles. The average molecular weight is 365 g/mol. The molecule has 3 rings (SSSR count). The van der Waals surface area contributed by atoms with Crippen molar-refractivity contribution in [2.24, 2.45) is 0 Å². The molecule has 3 aromatic rings. The first-order valence-electron chi connectivity index (χ1n) is 7.54. The van der Waals surface area contributed by atoms with Crippen molar-refractivity contribution < 1.29 is 18.7 Å². The van der Waals surface area contributed by atoms with Gasteiger partial charge in [-0.15, -0.1) is 0 Å². The third kappa shape index (κ3) is 2.98. The van der Waals surface area contributed by atoms with Crippen molar-refractivity contribution in [2.45, 2.75) is 26.3 Å². The maximum absolute atomic E-state index is 13.8. The Morgan fingerprint density at radius 2 is 2.00 bits per heavy atom. The van der Waals surface area contributed by atoms with Crippen LogP contribution in [0.4, 0.5) is 8.78 Å². The van der Waals surface area contributed by atoms with Gasteiger partial charge in [-0.1, -0.05) is 35.9 Å². The van der Waals surface area contributed by atoms with Crippen LogP contribution in [0.1, 0.15) is 22.4 Å². The van der Waals surface area contributed by atoms with E-state index < -0.39 is 17.5 Å². The van der Waals surface area contributed by atoms with Crippen molar-refractivity contribution in [3.63, 3.8) is 0 Å². The quantitative estimate of drug-likeness (QED) is 0.740. The third-order valence-corrected chi connectivity index (χ3v) is 4.58. The number of alkyl halides is 2. The summed E-state index contributed by atoms with van der Waals surface area (Å²) in [6, 6.07) is 9.26. The Kier molecular flexibility index (Phi) is 4.24. The highest BCUT2D eigenvalue weighted by Crippen LogP contribution is 2.32. The van der Waals surface area contributed by atoms with Crippen molar-refractivity contribution >= 4 is 28.5 Å². The van der Waals surface area contributed by atoms with Gasteiger partial charge < -0.3 is 5.11 Å². The summed E-state index contributed by atoms with van der Waals surface area (Å²) in [5, 5.41) is 14.4. The first-order chi connectivity index (χ1) is 11.7. The minimum atomic E-state index is -3.96. The predicted octanol–water partition coefficient (Wildman–Crippen LogP) is 4.53. The van der Waals surface area contributed by atoms with Crippen LogP contribution >= 0.6 is 11.6 Å². The Bertz CT molecular complexity index is 962. The molecule has 130 valence electrons. The SMILES string of the molecule is Cc1cccc(Cl)c1Cn1nc(C)c2ccc(C(F)(F)C(=O)O)cc21. The fourth-order valence-corrected chi connectivity index (χ4v) is 3.08. The molecule has 0 aliphatic carbocycles. The second-order valence-electron chi connectivity index (χ2n) is 5.89. The maximum atomic E-state index is 13.8. The average Bonchev–Trinajstić information content (AvgIpc) is 2.86. The van der Waals surface area contributed by atoms with E-state index >= 15 is 0 Å². The summed E-state index contributed by atoms with van der Waals surface area (Å²) in [5.74, 6) is -6.14. The van der Waals surface area contributed by atoms with Crippen molar-refractivity contribution in [3.05, 3.63) is 63.8 Å². The van der Waals surface area contributed by atoms with Gasteiger partial charge in [0.2, 0.25) is 0 Å². The standard InChI is InChI=1S/C18H15ClF2N2O2/c1-10-4-3-5-15(19)14(10)9-23-16-8-12(18(20,21)17(24)25)6-7-13(16)11(2)22-23/h3-8H,9H2,1-2H3,(H,24,25). The molecule has 0 bridgehead atoms. The van der Waals surface area contributed by atoms with Crippen LogP contribution in [0.5, 0.6) is 0 Å². The number of carbonyl (C=O) groups is 1. The molecule has 0 atom stereocenters. The number of carboxylic acids is 1. The molecule has 0 aliphatic heterocycles. The van der Waals surface area contributed by atoms with E-state index in [9.17, 15) is 13.6 Å². The molecule has 0 aliphatic rings. The number of hydrogen-bond donors (Lipinski definition) is 1. The number of fused-ring (bicyclic) bond motifs is 1. The van der Waals surface area contributed by atoms with Crippen molar-refractivity contribution in [1.29, 1.82) is 0 Å². The molecule has 0 saturated carbocycles. The van der Waals surface area contributed by atoms with E-state index in [2.05, 4.69) is 5.10 Å². The molecule has 1 heterocycles. The second-order valence-corrected chi connectivity index (χ2v) is 6.30.